The fourth-order valence-electron chi connectivity index (χ4n) is 3.98. The van der Waals surface area contributed by atoms with Gasteiger partial charge in [-0.15, -0.1) is 0 Å². The molecule has 0 aliphatic heterocycles. The molecule has 2 N–H and O–H groups in total. The SMILES string of the molecule is CCOc1ccccc1-c1cc(Nc2cccc(CS(=O)(=O)NC3CCCC3)c2)ncn1. The molecule has 2 aromatic carbocycles. The minimum absolute atomic E-state index is 0.0459. The monoisotopic (exact) mass is 452 g/mol. The van der Waals surface area contributed by atoms with E-state index in [1.165, 1.54) is 6.33 Å². The van der Waals surface area contributed by atoms with Crippen LogP contribution in [-0.2, 0) is 15.8 Å². The fourth-order valence-corrected chi connectivity index (χ4v) is 5.42. The van der Waals surface area contributed by atoms with Crippen molar-refractivity contribution in [3.05, 3.63) is 66.5 Å². The smallest absolute Gasteiger partial charge is 0.216 e. The molecular weight excluding hydrogens is 424 g/mol. The molecule has 1 aromatic heterocycles. The number of aromatic nitrogens is 2. The quantitative estimate of drug-likeness (QED) is 0.491. The second-order valence-corrected chi connectivity index (χ2v) is 9.66. The highest BCUT2D eigenvalue weighted by Crippen LogP contribution is 2.30. The number of anilines is 2. The van der Waals surface area contributed by atoms with E-state index in [9.17, 15) is 8.42 Å². The van der Waals surface area contributed by atoms with Crippen LogP contribution in [0.3, 0.4) is 0 Å². The highest BCUT2D eigenvalue weighted by molar-refractivity contribution is 7.88. The molecule has 32 heavy (non-hydrogen) atoms. The number of hydrogen-bond acceptors (Lipinski definition) is 6. The Hall–Kier alpha value is -2.97. The molecular formula is C24H28N4O3S. The summed E-state index contributed by atoms with van der Waals surface area (Å²) in [4.78, 5) is 8.71. The van der Waals surface area contributed by atoms with Gasteiger partial charge in [0, 0.05) is 23.4 Å². The molecule has 7 nitrogen and oxygen atoms in total. The molecule has 0 saturated heterocycles. The van der Waals surface area contributed by atoms with Crippen LogP contribution < -0.4 is 14.8 Å². The van der Waals surface area contributed by atoms with E-state index in [1.807, 2.05) is 61.5 Å². The van der Waals surface area contributed by atoms with Crippen molar-refractivity contribution in [3.63, 3.8) is 0 Å². The lowest BCUT2D eigenvalue weighted by Crippen LogP contribution is -2.33. The van der Waals surface area contributed by atoms with E-state index in [1.54, 1.807) is 0 Å². The lowest BCUT2D eigenvalue weighted by Gasteiger charge is -2.13. The van der Waals surface area contributed by atoms with Crippen molar-refractivity contribution >= 4 is 21.5 Å². The van der Waals surface area contributed by atoms with Crippen LogP contribution in [0.2, 0.25) is 0 Å². The molecule has 1 aliphatic carbocycles. The van der Waals surface area contributed by atoms with Crippen LogP contribution in [0.25, 0.3) is 11.3 Å². The molecule has 8 heteroatoms. The standard InChI is InChI=1S/C24H28N4O3S/c1-2-31-23-13-6-5-12-21(23)22-15-24(26-17-25-22)27-20-11-7-8-18(14-20)16-32(29,30)28-19-9-3-4-10-19/h5-8,11-15,17,19,28H,2-4,9-10,16H2,1H3,(H,25,26,27). The van der Waals surface area contributed by atoms with Crippen molar-refractivity contribution in [2.75, 3.05) is 11.9 Å². The molecule has 0 radical (unpaired) electrons. The van der Waals surface area contributed by atoms with Crippen molar-refractivity contribution in [1.29, 1.82) is 0 Å². The zero-order chi connectivity index (χ0) is 22.4. The van der Waals surface area contributed by atoms with E-state index in [-0.39, 0.29) is 11.8 Å². The third-order valence-electron chi connectivity index (χ3n) is 5.39. The number of benzene rings is 2. The Morgan fingerprint density at radius 1 is 1.03 bits per heavy atom. The normalized spacial score (nSPS) is 14.4. The number of nitrogens with one attached hydrogen (secondary N) is 2. The van der Waals surface area contributed by atoms with Crippen molar-refractivity contribution < 1.29 is 13.2 Å². The summed E-state index contributed by atoms with van der Waals surface area (Å²) in [6.45, 7) is 2.51. The molecule has 1 heterocycles. The van der Waals surface area contributed by atoms with Crippen molar-refractivity contribution in [2.24, 2.45) is 0 Å². The summed E-state index contributed by atoms with van der Waals surface area (Å²) in [5, 5.41) is 3.26. The van der Waals surface area contributed by atoms with E-state index < -0.39 is 10.0 Å². The molecule has 4 rings (SSSR count). The molecule has 3 aromatic rings. The number of nitrogens with zero attached hydrogens (tertiary/aromatic N) is 2. The summed E-state index contributed by atoms with van der Waals surface area (Å²) in [5.41, 5.74) is 3.11. The second kappa shape index (κ2) is 10.1. The van der Waals surface area contributed by atoms with Crippen LogP contribution >= 0.6 is 0 Å². The largest absolute Gasteiger partial charge is 0.493 e. The van der Waals surface area contributed by atoms with Gasteiger partial charge in [-0.3, -0.25) is 0 Å². The Kier molecular flexibility index (Phi) is 7.02. The van der Waals surface area contributed by atoms with Crippen LogP contribution in [0.15, 0.2) is 60.9 Å². The number of sulfonamides is 1. The molecule has 0 bridgehead atoms. The van der Waals surface area contributed by atoms with E-state index >= 15 is 0 Å². The topological polar surface area (TPSA) is 93.2 Å². The maximum atomic E-state index is 12.5. The number of para-hydroxylation sites is 1. The van der Waals surface area contributed by atoms with Crippen molar-refractivity contribution in [1.82, 2.24) is 14.7 Å². The molecule has 0 atom stereocenters. The fraction of sp³-hybridized carbons (Fsp3) is 0.333. The lowest BCUT2D eigenvalue weighted by molar-refractivity contribution is 0.341. The summed E-state index contributed by atoms with van der Waals surface area (Å²) < 4.78 is 33.6. The van der Waals surface area contributed by atoms with Gasteiger partial charge in [0.1, 0.15) is 17.9 Å². The number of hydrogen-bond donors (Lipinski definition) is 2. The van der Waals surface area contributed by atoms with Gasteiger partial charge in [0.2, 0.25) is 10.0 Å². The number of rotatable bonds is 9. The summed E-state index contributed by atoms with van der Waals surface area (Å²) in [6.07, 6.45) is 5.51. The van der Waals surface area contributed by atoms with Gasteiger partial charge in [0.15, 0.2) is 0 Å². The zero-order valence-electron chi connectivity index (χ0n) is 18.1. The maximum Gasteiger partial charge on any atom is 0.216 e. The van der Waals surface area contributed by atoms with Crippen molar-refractivity contribution in [2.45, 2.75) is 44.4 Å². The predicted octanol–water partition coefficient (Wildman–Crippen LogP) is 4.65. The third-order valence-corrected chi connectivity index (χ3v) is 6.79. The highest BCUT2D eigenvalue weighted by Gasteiger charge is 2.21. The predicted molar refractivity (Wildman–Crippen MR) is 126 cm³/mol. The van der Waals surface area contributed by atoms with Crippen LogP contribution in [0.4, 0.5) is 11.5 Å². The van der Waals surface area contributed by atoms with E-state index in [0.717, 1.165) is 53.9 Å². The van der Waals surface area contributed by atoms with Crippen LogP contribution in [0, 0.1) is 0 Å². The van der Waals surface area contributed by atoms with Crippen molar-refractivity contribution in [3.8, 4) is 17.0 Å². The Bertz CT molecular complexity index is 1160. The Morgan fingerprint density at radius 2 is 1.84 bits per heavy atom. The highest BCUT2D eigenvalue weighted by atomic mass is 32.2. The van der Waals surface area contributed by atoms with Crippen LogP contribution in [-0.4, -0.2) is 31.0 Å². The van der Waals surface area contributed by atoms with Gasteiger partial charge in [-0.2, -0.15) is 0 Å². The first-order valence-corrected chi connectivity index (χ1v) is 12.6. The minimum Gasteiger partial charge on any atom is -0.493 e. The van der Waals surface area contributed by atoms with Gasteiger partial charge in [-0.1, -0.05) is 37.1 Å². The first-order valence-electron chi connectivity index (χ1n) is 10.9. The van der Waals surface area contributed by atoms with E-state index in [0.29, 0.717) is 12.4 Å². The lowest BCUT2D eigenvalue weighted by atomic mass is 10.1. The Labute approximate surface area is 189 Å². The minimum atomic E-state index is -3.38. The summed E-state index contributed by atoms with van der Waals surface area (Å²) in [6, 6.07) is 17.0. The van der Waals surface area contributed by atoms with Crippen LogP contribution in [0.5, 0.6) is 5.75 Å². The van der Waals surface area contributed by atoms with E-state index in [2.05, 4.69) is 20.0 Å². The van der Waals surface area contributed by atoms with E-state index in [4.69, 9.17) is 4.74 Å². The van der Waals surface area contributed by atoms with Gasteiger partial charge in [0.05, 0.1) is 18.1 Å². The zero-order valence-corrected chi connectivity index (χ0v) is 18.9. The third kappa shape index (κ3) is 5.83. The molecule has 1 fully saturated rings. The molecule has 1 aliphatic rings. The Balaban J connectivity index is 1.49. The average Bonchev–Trinajstić information content (AvgIpc) is 3.27. The molecule has 0 unspecified atom stereocenters. The summed E-state index contributed by atoms with van der Waals surface area (Å²) in [5.74, 6) is 1.34. The molecule has 0 spiro atoms. The Morgan fingerprint density at radius 3 is 2.66 bits per heavy atom. The first-order chi connectivity index (χ1) is 15.5. The second-order valence-electron chi connectivity index (χ2n) is 7.90. The van der Waals surface area contributed by atoms with Gasteiger partial charge in [-0.25, -0.2) is 23.1 Å². The average molecular weight is 453 g/mol. The number of ether oxygens (including phenoxy) is 1. The summed E-state index contributed by atoms with van der Waals surface area (Å²) >= 11 is 0. The maximum absolute atomic E-state index is 12.5. The first kappa shape index (κ1) is 22.2. The molecule has 1 saturated carbocycles. The van der Waals surface area contributed by atoms with Gasteiger partial charge in [0.25, 0.3) is 0 Å². The van der Waals surface area contributed by atoms with Crippen LogP contribution in [0.1, 0.15) is 38.2 Å². The molecule has 168 valence electrons. The molecule has 0 amide bonds. The summed E-state index contributed by atoms with van der Waals surface area (Å²) in [7, 11) is -3.38. The van der Waals surface area contributed by atoms with Gasteiger partial charge >= 0.3 is 0 Å². The van der Waals surface area contributed by atoms with Gasteiger partial charge < -0.3 is 10.1 Å². The van der Waals surface area contributed by atoms with Gasteiger partial charge in [-0.05, 0) is 49.6 Å².